The molecule has 1 amide bonds. The van der Waals surface area contributed by atoms with Crippen LogP contribution in [0, 0.1) is 5.92 Å². The first-order valence-corrected chi connectivity index (χ1v) is 6.26. The van der Waals surface area contributed by atoms with Gasteiger partial charge >= 0.3 is 0 Å². The molecule has 3 N–H and O–H groups in total. The lowest BCUT2D eigenvalue weighted by Crippen LogP contribution is -2.34. The highest BCUT2D eigenvalue weighted by atomic mass is 16.5. The fraction of sp³-hybridized carbons (Fsp3) is 0.750. The molecule has 108 valence electrons. The molecule has 0 saturated carbocycles. The highest BCUT2D eigenvalue weighted by Crippen LogP contribution is 2.13. The van der Waals surface area contributed by atoms with Gasteiger partial charge in [0.05, 0.1) is 12.1 Å². The summed E-state index contributed by atoms with van der Waals surface area (Å²) in [7, 11) is 3.53. The van der Waals surface area contributed by atoms with Gasteiger partial charge in [-0.05, 0) is 20.9 Å². The standard InChI is InChI=1S/C12H23N5O2/c1-8(10(18)14-4)6-17(5)7-9-15-11(16-19-9)12(2,3)13/h8H,6-7,13H2,1-5H3,(H,14,18). The molecular formula is C12H23N5O2. The van der Waals surface area contributed by atoms with Gasteiger partial charge in [-0.25, -0.2) is 0 Å². The average Bonchev–Trinajstić information content (AvgIpc) is 2.75. The number of amides is 1. The lowest BCUT2D eigenvalue weighted by molar-refractivity contribution is -0.124. The molecule has 1 aromatic rings. The zero-order valence-electron chi connectivity index (χ0n) is 12.2. The Morgan fingerprint density at radius 2 is 2.21 bits per heavy atom. The van der Waals surface area contributed by atoms with E-state index in [2.05, 4.69) is 15.5 Å². The van der Waals surface area contributed by atoms with Gasteiger partial charge in [0, 0.05) is 19.5 Å². The fourth-order valence-electron chi connectivity index (χ4n) is 1.67. The van der Waals surface area contributed by atoms with E-state index >= 15 is 0 Å². The van der Waals surface area contributed by atoms with Crippen LogP contribution in [-0.4, -0.2) is 41.6 Å². The van der Waals surface area contributed by atoms with Crippen molar-refractivity contribution in [1.82, 2.24) is 20.4 Å². The van der Waals surface area contributed by atoms with E-state index in [-0.39, 0.29) is 11.8 Å². The van der Waals surface area contributed by atoms with Crippen molar-refractivity contribution in [2.45, 2.75) is 32.9 Å². The van der Waals surface area contributed by atoms with Crippen LogP contribution in [0.1, 0.15) is 32.5 Å². The minimum Gasteiger partial charge on any atom is -0.359 e. The molecule has 1 rings (SSSR count). The van der Waals surface area contributed by atoms with Crippen LogP contribution in [0.15, 0.2) is 4.52 Å². The van der Waals surface area contributed by atoms with Crippen molar-refractivity contribution in [2.75, 3.05) is 20.6 Å². The SMILES string of the molecule is CNC(=O)C(C)CN(C)Cc1nc(C(C)(C)N)no1. The third-order valence-electron chi connectivity index (χ3n) is 2.73. The number of hydrogen-bond acceptors (Lipinski definition) is 6. The Labute approximate surface area is 113 Å². The van der Waals surface area contributed by atoms with Gasteiger partial charge in [0.15, 0.2) is 5.82 Å². The minimum atomic E-state index is -0.615. The van der Waals surface area contributed by atoms with Crippen molar-refractivity contribution in [1.29, 1.82) is 0 Å². The average molecular weight is 269 g/mol. The lowest BCUT2D eigenvalue weighted by atomic mass is 10.1. The largest absolute Gasteiger partial charge is 0.359 e. The summed E-state index contributed by atoms with van der Waals surface area (Å²) in [5.74, 6) is 0.903. The molecule has 7 nitrogen and oxygen atoms in total. The predicted octanol–water partition coefficient (Wildman–Crippen LogP) is 0.0773. The molecule has 1 aromatic heterocycles. The van der Waals surface area contributed by atoms with Gasteiger partial charge in [-0.1, -0.05) is 12.1 Å². The highest BCUT2D eigenvalue weighted by molar-refractivity contribution is 5.78. The number of hydrogen-bond donors (Lipinski definition) is 2. The Bertz CT molecular complexity index is 424. The lowest BCUT2D eigenvalue weighted by Gasteiger charge is -2.18. The Morgan fingerprint density at radius 1 is 1.58 bits per heavy atom. The van der Waals surface area contributed by atoms with Gasteiger partial charge in [0.2, 0.25) is 11.8 Å². The molecule has 1 heterocycles. The van der Waals surface area contributed by atoms with E-state index in [1.54, 1.807) is 7.05 Å². The second-order valence-electron chi connectivity index (χ2n) is 5.45. The van der Waals surface area contributed by atoms with Crippen LogP contribution in [0.25, 0.3) is 0 Å². The minimum absolute atomic E-state index is 0.0150. The summed E-state index contributed by atoms with van der Waals surface area (Å²) in [5.41, 5.74) is 5.27. The fourth-order valence-corrected chi connectivity index (χ4v) is 1.67. The third-order valence-corrected chi connectivity index (χ3v) is 2.73. The van der Waals surface area contributed by atoms with Crippen molar-refractivity contribution in [2.24, 2.45) is 11.7 Å². The molecule has 1 unspecified atom stereocenters. The van der Waals surface area contributed by atoms with E-state index in [0.29, 0.717) is 24.8 Å². The van der Waals surface area contributed by atoms with Gasteiger partial charge in [0.1, 0.15) is 0 Å². The van der Waals surface area contributed by atoms with Crippen LogP contribution in [-0.2, 0) is 16.9 Å². The van der Waals surface area contributed by atoms with E-state index in [0.717, 1.165) is 0 Å². The molecule has 0 spiro atoms. The third kappa shape index (κ3) is 4.60. The van der Waals surface area contributed by atoms with Gasteiger partial charge < -0.3 is 15.6 Å². The number of rotatable bonds is 6. The first-order valence-electron chi connectivity index (χ1n) is 6.26. The van der Waals surface area contributed by atoms with Crippen LogP contribution < -0.4 is 11.1 Å². The van der Waals surface area contributed by atoms with E-state index in [4.69, 9.17) is 10.3 Å². The number of nitrogens with one attached hydrogen (secondary N) is 1. The molecule has 1 atom stereocenters. The molecule has 0 radical (unpaired) electrons. The maximum Gasteiger partial charge on any atom is 0.240 e. The summed E-state index contributed by atoms with van der Waals surface area (Å²) >= 11 is 0. The first kappa shape index (κ1) is 15.6. The van der Waals surface area contributed by atoms with E-state index in [9.17, 15) is 4.79 Å². The maximum atomic E-state index is 11.4. The molecule has 19 heavy (non-hydrogen) atoms. The molecule has 0 fully saturated rings. The second-order valence-corrected chi connectivity index (χ2v) is 5.45. The van der Waals surface area contributed by atoms with Crippen molar-refractivity contribution in [3.05, 3.63) is 11.7 Å². The van der Waals surface area contributed by atoms with Gasteiger partial charge in [-0.3, -0.25) is 9.69 Å². The molecule has 0 aromatic carbocycles. The van der Waals surface area contributed by atoms with E-state index in [1.165, 1.54) is 0 Å². The zero-order valence-corrected chi connectivity index (χ0v) is 12.2. The van der Waals surface area contributed by atoms with E-state index in [1.807, 2.05) is 32.7 Å². The van der Waals surface area contributed by atoms with Crippen molar-refractivity contribution < 1.29 is 9.32 Å². The van der Waals surface area contributed by atoms with Crippen LogP contribution in [0.3, 0.4) is 0 Å². The molecule has 0 saturated heterocycles. The monoisotopic (exact) mass is 269 g/mol. The zero-order chi connectivity index (χ0) is 14.6. The van der Waals surface area contributed by atoms with Crippen molar-refractivity contribution in [3.8, 4) is 0 Å². The number of nitrogens with two attached hydrogens (primary N) is 1. The summed E-state index contributed by atoms with van der Waals surface area (Å²) in [6, 6.07) is 0. The number of aromatic nitrogens is 2. The normalized spacial score (nSPS) is 13.6. The Kier molecular flexibility index (Phi) is 5.02. The van der Waals surface area contributed by atoms with Crippen LogP contribution in [0.4, 0.5) is 0 Å². The Morgan fingerprint density at radius 3 is 2.68 bits per heavy atom. The molecule has 0 aliphatic carbocycles. The van der Waals surface area contributed by atoms with Gasteiger partial charge in [-0.15, -0.1) is 0 Å². The summed E-state index contributed by atoms with van der Waals surface area (Å²) in [4.78, 5) is 17.6. The maximum absolute atomic E-state index is 11.4. The number of nitrogens with zero attached hydrogens (tertiary/aromatic N) is 3. The highest BCUT2D eigenvalue weighted by Gasteiger charge is 2.22. The molecule has 0 aliphatic heterocycles. The van der Waals surface area contributed by atoms with Gasteiger partial charge in [-0.2, -0.15) is 4.98 Å². The van der Waals surface area contributed by atoms with Crippen LogP contribution in [0.2, 0.25) is 0 Å². The first-order chi connectivity index (χ1) is 8.74. The summed E-state index contributed by atoms with van der Waals surface area (Å²) in [5, 5.41) is 6.48. The smallest absolute Gasteiger partial charge is 0.240 e. The Hall–Kier alpha value is -1.47. The van der Waals surface area contributed by atoms with E-state index < -0.39 is 5.54 Å². The van der Waals surface area contributed by atoms with Gasteiger partial charge in [0.25, 0.3) is 0 Å². The summed E-state index contributed by atoms with van der Waals surface area (Å²) in [6.07, 6.45) is 0. The second kappa shape index (κ2) is 6.12. The topological polar surface area (TPSA) is 97.3 Å². The Balaban J connectivity index is 2.55. The molecule has 0 bridgehead atoms. The molecule has 7 heteroatoms. The van der Waals surface area contributed by atoms with Crippen molar-refractivity contribution in [3.63, 3.8) is 0 Å². The van der Waals surface area contributed by atoms with Crippen molar-refractivity contribution >= 4 is 5.91 Å². The number of carbonyl (C=O) groups excluding carboxylic acids is 1. The quantitative estimate of drug-likeness (QED) is 0.759. The summed E-state index contributed by atoms with van der Waals surface area (Å²) in [6.45, 7) is 6.61. The van der Waals surface area contributed by atoms with Crippen LogP contribution in [0.5, 0.6) is 0 Å². The summed E-state index contributed by atoms with van der Waals surface area (Å²) < 4.78 is 5.15. The van der Waals surface area contributed by atoms with Crippen LogP contribution >= 0.6 is 0 Å². The number of carbonyl (C=O) groups is 1. The molecule has 0 aliphatic rings. The predicted molar refractivity (Wildman–Crippen MR) is 71.1 cm³/mol. The molecular weight excluding hydrogens is 246 g/mol.